The third kappa shape index (κ3) is 8.92. The summed E-state index contributed by atoms with van der Waals surface area (Å²) in [7, 11) is 5.93. The maximum atomic E-state index is 14.4. The fourth-order valence-electron chi connectivity index (χ4n) is 6.61. The molecule has 2 aromatic carbocycles. The molecule has 50 heavy (non-hydrogen) atoms. The summed E-state index contributed by atoms with van der Waals surface area (Å²) < 4.78 is 27.9. The highest BCUT2D eigenvalue weighted by atomic mass is 19.1. The molecule has 1 saturated heterocycles. The van der Waals surface area contributed by atoms with Gasteiger partial charge in [-0.1, -0.05) is 30.3 Å². The summed E-state index contributed by atoms with van der Waals surface area (Å²) in [6, 6.07) is 17.0. The monoisotopic (exact) mass is 683 g/mol. The fraction of sp³-hybridized carbons (Fsp3) is 0.421. The third-order valence-corrected chi connectivity index (χ3v) is 9.33. The fourth-order valence-corrected chi connectivity index (χ4v) is 6.61. The van der Waals surface area contributed by atoms with Gasteiger partial charge >= 0.3 is 0 Å². The Morgan fingerprint density at radius 3 is 2.38 bits per heavy atom. The van der Waals surface area contributed by atoms with E-state index >= 15 is 0 Å². The molecule has 2 fully saturated rings. The van der Waals surface area contributed by atoms with Crippen molar-refractivity contribution in [1.82, 2.24) is 35.2 Å². The number of amides is 2. The number of morpholine rings is 1. The number of hydrogen-bond donors (Lipinski definition) is 2. The molecule has 2 amide bonds. The van der Waals surface area contributed by atoms with Crippen molar-refractivity contribution in [2.45, 2.75) is 57.8 Å². The van der Waals surface area contributed by atoms with Crippen molar-refractivity contribution in [3.63, 3.8) is 0 Å². The minimum atomic E-state index is -0.627. The molecule has 0 spiro atoms. The van der Waals surface area contributed by atoms with Gasteiger partial charge < -0.3 is 25.0 Å². The number of rotatable bonds is 11. The van der Waals surface area contributed by atoms with Crippen LogP contribution in [0.4, 0.5) is 4.39 Å². The first-order chi connectivity index (χ1) is 24.1. The van der Waals surface area contributed by atoms with E-state index in [0.717, 1.165) is 68.5 Å². The zero-order valence-corrected chi connectivity index (χ0v) is 29.2. The van der Waals surface area contributed by atoms with E-state index in [1.54, 1.807) is 23.9 Å². The molecule has 0 radical (unpaired) electrons. The highest BCUT2D eigenvalue weighted by Gasteiger charge is 2.27. The van der Waals surface area contributed by atoms with Crippen LogP contribution in [-0.4, -0.2) is 88.9 Å². The van der Waals surface area contributed by atoms with Gasteiger partial charge in [0.25, 0.3) is 11.8 Å². The lowest BCUT2D eigenvalue weighted by atomic mass is 9.91. The van der Waals surface area contributed by atoms with Gasteiger partial charge in [0.05, 0.1) is 19.4 Å². The number of carbonyl (C=O) groups excluding carboxylic acids is 2. The predicted octanol–water partition coefficient (Wildman–Crippen LogP) is 5.09. The molecular formula is C38H46FN7O4. The van der Waals surface area contributed by atoms with E-state index in [1.165, 1.54) is 11.1 Å². The molecule has 6 rings (SSSR count). The first-order valence-corrected chi connectivity index (χ1v) is 17.2. The van der Waals surface area contributed by atoms with Crippen LogP contribution >= 0.6 is 0 Å². The van der Waals surface area contributed by atoms with Crippen molar-refractivity contribution in [3.8, 4) is 22.8 Å². The Morgan fingerprint density at radius 2 is 1.70 bits per heavy atom. The van der Waals surface area contributed by atoms with E-state index in [0.29, 0.717) is 37.1 Å². The Labute approximate surface area is 292 Å². The number of ether oxygens (including phenoxy) is 2. The molecule has 1 aliphatic carbocycles. The van der Waals surface area contributed by atoms with Gasteiger partial charge in [-0.15, -0.1) is 0 Å². The van der Waals surface area contributed by atoms with Crippen LogP contribution in [0.2, 0.25) is 0 Å². The number of aryl methyl sites for hydroxylation is 2. The standard InChI is InChI=1S/C38H46FN7O4/c1-25-18-35(43-45(25)4)37(48)42-31-11-9-30(10-12-31)41-36(47)34-21-29(39)22-40-38(34)50-32-7-5-6-27(20-32)33-13-8-26(23-44(2)3)19-28(33)24-46-14-16-49-17-15-46/h5-8,13,18-22,30-31H,9-12,14-17,23-24H2,1-4H3,(H,41,47)(H,42,48). The average Bonchev–Trinajstić information content (AvgIpc) is 3.44. The van der Waals surface area contributed by atoms with Crippen molar-refractivity contribution in [1.29, 1.82) is 0 Å². The molecule has 1 saturated carbocycles. The summed E-state index contributed by atoms with van der Waals surface area (Å²) in [6.07, 6.45) is 3.78. The van der Waals surface area contributed by atoms with Crippen molar-refractivity contribution in [3.05, 3.63) is 94.7 Å². The van der Waals surface area contributed by atoms with E-state index in [1.807, 2.05) is 25.1 Å². The Hall–Kier alpha value is -4.65. The third-order valence-electron chi connectivity index (χ3n) is 9.33. The van der Waals surface area contributed by atoms with Crippen molar-refractivity contribution in [2.75, 3.05) is 40.4 Å². The number of benzene rings is 2. The van der Waals surface area contributed by atoms with E-state index in [-0.39, 0.29) is 29.4 Å². The molecule has 0 bridgehead atoms. The predicted molar refractivity (Wildman–Crippen MR) is 189 cm³/mol. The number of carbonyl (C=O) groups is 2. The molecule has 11 nitrogen and oxygen atoms in total. The number of halogens is 1. The molecule has 4 aromatic rings. The molecule has 2 aliphatic rings. The number of pyridine rings is 1. The summed E-state index contributed by atoms with van der Waals surface area (Å²) in [5.74, 6) is -0.762. The van der Waals surface area contributed by atoms with E-state index in [2.05, 4.69) is 62.8 Å². The zero-order chi connectivity index (χ0) is 35.2. The molecule has 1 aliphatic heterocycles. The van der Waals surface area contributed by atoms with Crippen molar-refractivity contribution < 1.29 is 23.5 Å². The summed E-state index contributed by atoms with van der Waals surface area (Å²) >= 11 is 0. The summed E-state index contributed by atoms with van der Waals surface area (Å²) in [5.41, 5.74) is 5.83. The lowest BCUT2D eigenvalue weighted by Gasteiger charge is -2.29. The van der Waals surface area contributed by atoms with Crippen LogP contribution in [0.15, 0.2) is 60.8 Å². The largest absolute Gasteiger partial charge is 0.438 e. The number of hydrogen-bond acceptors (Lipinski definition) is 8. The van der Waals surface area contributed by atoms with Gasteiger partial charge in [-0.3, -0.25) is 19.2 Å². The average molecular weight is 684 g/mol. The van der Waals surface area contributed by atoms with Crippen molar-refractivity contribution >= 4 is 11.8 Å². The minimum Gasteiger partial charge on any atom is -0.438 e. The molecular weight excluding hydrogens is 637 g/mol. The molecule has 3 heterocycles. The van der Waals surface area contributed by atoms with Gasteiger partial charge in [-0.2, -0.15) is 5.10 Å². The minimum absolute atomic E-state index is 0.0152. The van der Waals surface area contributed by atoms with Gasteiger partial charge in [-0.05, 0) is 93.2 Å². The first-order valence-electron chi connectivity index (χ1n) is 17.2. The first kappa shape index (κ1) is 35.2. The number of aromatic nitrogens is 3. The molecule has 0 unspecified atom stereocenters. The number of nitrogens with zero attached hydrogens (tertiary/aromatic N) is 5. The van der Waals surface area contributed by atoms with Crippen LogP contribution < -0.4 is 15.4 Å². The van der Waals surface area contributed by atoms with Crippen molar-refractivity contribution in [2.24, 2.45) is 7.05 Å². The Balaban J connectivity index is 1.13. The van der Waals surface area contributed by atoms with E-state index < -0.39 is 11.7 Å². The van der Waals surface area contributed by atoms with Gasteiger partial charge in [0.2, 0.25) is 5.88 Å². The SMILES string of the molecule is Cc1cc(C(=O)NC2CCC(NC(=O)c3cc(F)cnc3Oc3cccc(-c4ccc(CN(C)C)cc4CN4CCOCC4)c3)CC2)nn1C. The van der Waals surface area contributed by atoms with Gasteiger partial charge in [0.15, 0.2) is 0 Å². The smallest absolute Gasteiger partial charge is 0.272 e. The maximum absolute atomic E-state index is 14.4. The topological polar surface area (TPSA) is 114 Å². The molecule has 2 N–H and O–H groups in total. The molecule has 2 aromatic heterocycles. The van der Waals surface area contributed by atoms with Crippen LogP contribution in [0.1, 0.15) is 63.4 Å². The number of nitrogens with one attached hydrogen (secondary N) is 2. The Bertz CT molecular complexity index is 1790. The highest BCUT2D eigenvalue weighted by molar-refractivity contribution is 5.96. The van der Waals surface area contributed by atoms with Crippen LogP contribution in [0, 0.1) is 12.7 Å². The van der Waals surface area contributed by atoms with Gasteiger partial charge in [0.1, 0.15) is 22.8 Å². The van der Waals surface area contributed by atoms with Gasteiger partial charge in [-0.25, -0.2) is 9.37 Å². The second-order valence-corrected chi connectivity index (χ2v) is 13.5. The van der Waals surface area contributed by atoms with E-state index in [4.69, 9.17) is 9.47 Å². The second-order valence-electron chi connectivity index (χ2n) is 13.5. The summed E-state index contributed by atoms with van der Waals surface area (Å²) in [4.78, 5) is 34.9. The molecule has 12 heteroatoms. The van der Waals surface area contributed by atoms with Crippen LogP contribution in [0.25, 0.3) is 11.1 Å². The molecule has 0 atom stereocenters. The van der Waals surface area contributed by atoms with Gasteiger partial charge in [0, 0.05) is 51.0 Å². The maximum Gasteiger partial charge on any atom is 0.272 e. The van der Waals surface area contributed by atoms with E-state index in [9.17, 15) is 14.0 Å². The summed E-state index contributed by atoms with van der Waals surface area (Å²) in [6.45, 7) is 6.74. The second kappa shape index (κ2) is 15.9. The Kier molecular flexibility index (Phi) is 11.2. The van der Waals surface area contributed by atoms with Crippen LogP contribution in [-0.2, 0) is 24.9 Å². The van der Waals surface area contributed by atoms with Crippen LogP contribution in [0.5, 0.6) is 11.6 Å². The molecule has 264 valence electrons. The quantitative estimate of drug-likeness (QED) is 0.225. The lowest BCUT2D eigenvalue weighted by Crippen LogP contribution is -2.44. The summed E-state index contributed by atoms with van der Waals surface area (Å²) in [5, 5.41) is 10.4. The Morgan fingerprint density at radius 1 is 0.980 bits per heavy atom. The van der Waals surface area contributed by atoms with Crippen LogP contribution in [0.3, 0.4) is 0 Å². The highest BCUT2D eigenvalue weighted by Crippen LogP contribution is 2.32. The lowest BCUT2D eigenvalue weighted by molar-refractivity contribution is 0.0342. The normalized spacial score (nSPS) is 18.2. The zero-order valence-electron chi connectivity index (χ0n) is 29.2.